The van der Waals surface area contributed by atoms with Gasteiger partial charge in [0.1, 0.15) is 21.2 Å². The van der Waals surface area contributed by atoms with Crippen molar-refractivity contribution in [1.82, 2.24) is 5.32 Å². The van der Waals surface area contributed by atoms with Crippen molar-refractivity contribution in [2.45, 2.75) is 26.3 Å². The minimum absolute atomic E-state index is 0.000833. The summed E-state index contributed by atoms with van der Waals surface area (Å²) in [4.78, 5) is 0. The molecule has 2 aromatic rings. The Bertz CT molecular complexity index is 688. The van der Waals surface area contributed by atoms with Crippen molar-refractivity contribution in [3.05, 3.63) is 35.6 Å². The molecule has 0 radical (unpaired) electrons. The number of furan rings is 1. The molecule has 0 aliphatic heterocycles. The Morgan fingerprint density at radius 1 is 1.30 bits per heavy atom. The fraction of sp³-hybridized carbons (Fsp3) is 0.467. The van der Waals surface area contributed by atoms with Crippen molar-refractivity contribution >= 4 is 20.8 Å². The highest BCUT2D eigenvalue weighted by atomic mass is 32.2. The molecule has 0 aliphatic carbocycles. The first-order valence-electron chi connectivity index (χ1n) is 6.83. The summed E-state index contributed by atoms with van der Waals surface area (Å²) in [6.07, 6.45) is 2.14. The van der Waals surface area contributed by atoms with Gasteiger partial charge in [-0.25, -0.2) is 8.42 Å². The first-order valence-corrected chi connectivity index (χ1v) is 8.90. The van der Waals surface area contributed by atoms with Gasteiger partial charge in [-0.05, 0) is 19.4 Å². The maximum atomic E-state index is 11.1. The predicted molar refractivity (Wildman–Crippen MR) is 81.7 cm³/mol. The van der Waals surface area contributed by atoms with Crippen molar-refractivity contribution in [1.29, 1.82) is 0 Å². The summed E-state index contributed by atoms with van der Waals surface area (Å²) in [5.41, 5.74) is 2.08. The van der Waals surface area contributed by atoms with E-state index in [9.17, 15) is 8.42 Å². The van der Waals surface area contributed by atoms with Crippen molar-refractivity contribution in [2.24, 2.45) is 0 Å². The molecule has 20 heavy (non-hydrogen) atoms. The SMILES string of the molecule is CCc1c(C(C)NCCS(C)(=O)=O)oc2ccccc12. The van der Waals surface area contributed by atoms with E-state index in [1.807, 2.05) is 25.1 Å². The van der Waals surface area contributed by atoms with E-state index in [1.54, 1.807) is 0 Å². The molecule has 2 rings (SSSR count). The lowest BCUT2D eigenvalue weighted by Crippen LogP contribution is -2.25. The molecule has 1 N–H and O–H groups in total. The zero-order valence-corrected chi connectivity index (χ0v) is 13.0. The molecule has 0 fully saturated rings. The second kappa shape index (κ2) is 5.97. The van der Waals surface area contributed by atoms with Crippen LogP contribution in [0.3, 0.4) is 0 Å². The van der Waals surface area contributed by atoms with Gasteiger partial charge in [0.2, 0.25) is 0 Å². The third-order valence-corrected chi connectivity index (χ3v) is 4.35. The minimum atomic E-state index is -2.94. The van der Waals surface area contributed by atoms with Crippen LogP contribution in [0.15, 0.2) is 28.7 Å². The number of hydrogen-bond acceptors (Lipinski definition) is 4. The third-order valence-electron chi connectivity index (χ3n) is 3.40. The molecule has 0 saturated heterocycles. The molecule has 0 saturated carbocycles. The van der Waals surface area contributed by atoms with Gasteiger partial charge < -0.3 is 9.73 Å². The molecule has 0 amide bonds. The van der Waals surface area contributed by atoms with Gasteiger partial charge in [-0.1, -0.05) is 25.1 Å². The maximum absolute atomic E-state index is 11.1. The number of sulfone groups is 1. The maximum Gasteiger partial charge on any atom is 0.148 e. The number of benzene rings is 1. The Balaban J connectivity index is 2.19. The Morgan fingerprint density at radius 3 is 2.65 bits per heavy atom. The molecule has 1 atom stereocenters. The monoisotopic (exact) mass is 295 g/mol. The molecular weight excluding hydrogens is 274 g/mol. The summed E-state index contributed by atoms with van der Waals surface area (Å²) in [6, 6.07) is 7.98. The Kier molecular flexibility index (Phi) is 4.50. The van der Waals surface area contributed by atoms with E-state index in [0.717, 1.165) is 23.2 Å². The van der Waals surface area contributed by atoms with Gasteiger partial charge in [0.05, 0.1) is 11.8 Å². The predicted octanol–water partition coefficient (Wildman–Crippen LogP) is 2.69. The number of aryl methyl sites for hydroxylation is 1. The summed E-state index contributed by atoms with van der Waals surface area (Å²) in [6.45, 7) is 4.53. The van der Waals surface area contributed by atoms with Gasteiger partial charge >= 0.3 is 0 Å². The van der Waals surface area contributed by atoms with Gasteiger partial charge in [-0.3, -0.25) is 0 Å². The lowest BCUT2D eigenvalue weighted by Gasteiger charge is -2.12. The summed E-state index contributed by atoms with van der Waals surface area (Å²) >= 11 is 0. The molecule has 5 heteroatoms. The minimum Gasteiger partial charge on any atom is -0.459 e. The van der Waals surface area contributed by atoms with Gasteiger partial charge in [0.25, 0.3) is 0 Å². The normalized spacial score (nSPS) is 13.8. The Morgan fingerprint density at radius 2 is 2.00 bits per heavy atom. The average molecular weight is 295 g/mol. The van der Waals surface area contributed by atoms with Gasteiger partial charge in [-0.15, -0.1) is 0 Å². The van der Waals surface area contributed by atoms with E-state index in [0.29, 0.717) is 6.54 Å². The molecule has 0 aliphatic rings. The van der Waals surface area contributed by atoms with Crippen LogP contribution in [0.25, 0.3) is 11.0 Å². The van der Waals surface area contributed by atoms with Crippen molar-refractivity contribution in [3.63, 3.8) is 0 Å². The number of nitrogens with one attached hydrogen (secondary N) is 1. The molecular formula is C15H21NO3S. The van der Waals surface area contributed by atoms with Crippen molar-refractivity contribution < 1.29 is 12.8 Å². The van der Waals surface area contributed by atoms with Crippen molar-refractivity contribution in [2.75, 3.05) is 18.6 Å². The highest BCUT2D eigenvalue weighted by Crippen LogP contribution is 2.30. The van der Waals surface area contributed by atoms with E-state index in [-0.39, 0.29) is 11.8 Å². The number of para-hydroxylation sites is 1. The molecule has 1 heterocycles. The molecule has 1 unspecified atom stereocenters. The molecule has 0 bridgehead atoms. The van der Waals surface area contributed by atoms with E-state index >= 15 is 0 Å². The van der Waals surface area contributed by atoms with Crippen LogP contribution in [-0.4, -0.2) is 27.0 Å². The van der Waals surface area contributed by atoms with Crippen LogP contribution in [0.5, 0.6) is 0 Å². The zero-order valence-electron chi connectivity index (χ0n) is 12.1. The first-order chi connectivity index (χ1) is 9.42. The largest absolute Gasteiger partial charge is 0.459 e. The highest BCUT2D eigenvalue weighted by molar-refractivity contribution is 7.90. The number of fused-ring (bicyclic) bond motifs is 1. The molecule has 1 aromatic heterocycles. The van der Waals surface area contributed by atoms with Crippen molar-refractivity contribution in [3.8, 4) is 0 Å². The van der Waals surface area contributed by atoms with Gasteiger partial charge in [0, 0.05) is 23.8 Å². The summed E-state index contributed by atoms with van der Waals surface area (Å²) < 4.78 is 28.2. The van der Waals surface area contributed by atoms with Gasteiger partial charge in [0.15, 0.2) is 0 Å². The van der Waals surface area contributed by atoms with Crippen LogP contribution in [0.2, 0.25) is 0 Å². The van der Waals surface area contributed by atoms with E-state index in [2.05, 4.69) is 18.3 Å². The second-order valence-corrected chi connectivity index (χ2v) is 7.36. The lowest BCUT2D eigenvalue weighted by atomic mass is 10.1. The highest BCUT2D eigenvalue weighted by Gasteiger charge is 2.17. The van der Waals surface area contributed by atoms with Crippen LogP contribution in [-0.2, 0) is 16.3 Å². The first kappa shape index (κ1) is 15.1. The quantitative estimate of drug-likeness (QED) is 0.890. The second-order valence-electron chi connectivity index (χ2n) is 5.10. The van der Waals surface area contributed by atoms with E-state index in [1.165, 1.54) is 11.8 Å². The smallest absolute Gasteiger partial charge is 0.148 e. The Labute approximate surface area is 120 Å². The van der Waals surface area contributed by atoms with E-state index < -0.39 is 9.84 Å². The van der Waals surface area contributed by atoms with Crippen LogP contribution in [0, 0.1) is 0 Å². The van der Waals surface area contributed by atoms with Crippen LogP contribution >= 0.6 is 0 Å². The summed E-state index contributed by atoms with van der Waals surface area (Å²) in [7, 11) is -2.94. The van der Waals surface area contributed by atoms with E-state index in [4.69, 9.17) is 4.42 Å². The number of hydrogen-bond donors (Lipinski definition) is 1. The van der Waals surface area contributed by atoms with Gasteiger partial charge in [-0.2, -0.15) is 0 Å². The fourth-order valence-electron chi connectivity index (χ4n) is 2.39. The Hall–Kier alpha value is -1.33. The molecule has 1 aromatic carbocycles. The topological polar surface area (TPSA) is 59.3 Å². The van der Waals surface area contributed by atoms with Crippen LogP contribution in [0.1, 0.15) is 31.2 Å². The van der Waals surface area contributed by atoms with Crippen LogP contribution < -0.4 is 5.32 Å². The summed E-state index contributed by atoms with van der Waals surface area (Å²) in [5.74, 6) is 1.04. The van der Waals surface area contributed by atoms with Crippen LogP contribution in [0.4, 0.5) is 0 Å². The zero-order chi connectivity index (χ0) is 14.8. The summed E-state index contributed by atoms with van der Waals surface area (Å²) in [5, 5.41) is 4.36. The lowest BCUT2D eigenvalue weighted by molar-refractivity contribution is 0.454. The fourth-order valence-corrected chi connectivity index (χ4v) is 2.87. The molecule has 4 nitrogen and oxygen atoms in total. The standard InChI is InChI=1S/C15H21NO3S/c1-4-12-13-7-5-6-8-14(13)19-15(12)11(2)16-9-10-20(3,17)18/h5-8,11,16H,4,9-10H2,1-3H3. The number of rotatable bonds is 6. The molecule has 0 spiro atoms. The average Bonchev–Trinajstić information content (AvgIpc) is 2.75. The molecule has 110 valence electrons. The third kappa shape index (κ3) is 3.41.